The van der Waals surface area contributed by atoms with E-state index in [1.807, 2.05) is 38.1 Å². The maximum absolute atomic E-state index is 13.2. The number of piperazine rings is 1. The second kappa shape index (κ2) is 6.86. The second-order valence-electron chi connectivity index (χ2n) is 9.94. The van der Waals surface area contributed by atoms with Gasteiger partial charge in [0.25, 0.3) is 5.91 Å². The maximum atomic E-state index is 13.2. The summed E-state index contributed by atoms with van der Waals surface area (Å²) in [6, 6.07) is 3.44. The molecule has 1 fully saturated rings. The largest absolute Gasteiger partial charge is 0.483 e. The molecule has 32 heavy (non-hydrogen) atoms. The van der Waals surface area contributed by atoms with Crippen molar-refractivity contribution >= 4 is 28.8 Å². The fourth-order valence-corrected chi connectivity index (χ4v) is 4.87. The number of hydrogen-bond acceptors (Lipinski definition) is 3. The number of ether oxygens (including phenoxy) is 1. The van der Waals surface area contributed by atoms with Crippen LogP contribution in [-0.2, 0) is 21.4 Å². The molecule has 1 atom stereocenters. The smallest absolute Gasteiger partial charge is 0.268 e. The fourth-order valence-electron chi connectivity index (χ4n) is 4.87. The molecule has 1 saturated heterocycles. The Morgan fingerprint density at radius 1 is 1.31 bits per heavy atom. The molecule has 3 aliphatic rings. The van der Waals surface area contributed by atoms with Gasteiger partial charge in [0, 0.05) is 35.0 Å². The van der Waals surface area contributed by atoms with E-state index in [0.29, 0.717) is 18.7 Å². The van der Waals surface area contributed by atoms with E-state index < -0.39 is 6.04 Å². The van der Waals surface area contributed by atoms with Crippen molar-refractivity contribution in [1.29, 1.82) is 0 Å². The number of nitrogens with zero attached hydrogens (tertiary/aromatic N) is 1. The average molecular weight is 432 g/mol. The normalized spacial score (nSPS) is 21.7. The van der Waals surface area contributed by atoms with Crippen LogP contribution in [-0.4, -0.2) is 39.9 Å². The van der Waals surface area contributed by atoms with Crippen LogP contribution in [0.5, 0.6) is 5.75 Å². The van der Waals surface area contributed by atoms with Crippen molar-refractivity contribution < 1.29 is 14.3 Å². The van der Waals surface area contributed by atoms with Gasteiger partial charge in [0.05, 0.1) is 5.52 Å². The minimum Gasteiger partial charge on any atom is -0.483 e. The number of H-pyrrole nitrogens is 1. The van der Waals surface area contributed by atoms with Gasteiger partial charge in [-0.25, -0.2) is 0 Å². The lowest BCUT2D eigenvalue weighted by Gasteiger charge is -2.32. The molecular weight excluding hydrogens is 402 g/mol. The maximum Gasteiger partial charge on any atom is 0.268 e. The highest BCUT2D eigenvalue weighted by Crippen LogP contribution is 2.41. The zero-order valence-corrected chi connectivity index (χ0v) is 19.0. The first-order chi connectivity index (χ1) is 15.1. The van der Waals surface area contributed by atoms with Crippen LogP contribution in [0.2, 0.25) is 0 Å². The molecule has 1 aromatic heterocycles. The number of allylic oxidation sites excluding steroid dienone is 1. The highest BCUT2D eigenvalue weighted by atomic mass is 16.5. The molecule has 0 radical (unpaired) electrons. The van der Waals surface area contributed by atoms with Crippen LogP contribution < -0.4 is 10.1 Å². The molecule has 0 bridgehead atoms. The van der Waals surface area contributed by atoms with E-state index in [1.54, 1.807) is 4.90 Å². The summed E-state index contributed by atoms with van der Waals surface area (Å²) in [5.41, 5.74) is 3.77. The van der Waals surface area contributed by atoms with Gasteiger partial charge in [-0.05, 0) is 50.1 Å². The van der Waals surface area contributed by atoms with Crippen molar-refractivity contribution in [2.75, 3.05) is 6.54 Å². The summed E-state index contributed by atoms with van der Waals surface area (Å²) in [5, 5.41) is 3.97. The number of aromatic nitrogens is 1. The zero-order valence-electron chi connectivity index (χ0n) is 19.0. The summed E-state index contributed by atoms with van der Waals surface area (Å²) < 4.78 is 6.17. The molecule has 3 aliphatic heterocycles. The van der Waals surface area contributed by atoms with Crippen LogP contribution in [0.1, 0.15) is 50.9 Å². The number of nitrogens with one attached hydrogen (secondary N) is 2. The number of benzene rings is 1. The molecule has 166 valence electrons. The number of carbonyl (C=O) groups excluding carboxylic acids is 2. The first-order valence-electron chi connectivity index (χ1n) is 11.1. The molecule has 6 heteroatoms. The molecule has 4 heterocycles. The Kier molecular flexibility index (Phi) is 4.42. The SMILES string of the molecule is C=CC(C)(C)c1[nH]c2c3c(ccc2c1C[C@@H]1NC(=O)C2=CCCN2C1=O)OC(C)(C)C=C3. The summed E-state index contributed by atoms with van der Waals surface area (Å²) in [4.78, 5) is 31.0. The Morgan fingerprint density at radius 3 is 2.84 bits per heavy atom. The van der Waals surface area contributed by atoms with E-state index in [4.69, 9.17) is 4.74 Å². The zero-order chi connectivity index (χ0) is 22.8. The third kappa shape index (κ3) is 3.08. The Bertz CT molecular complexity index is 1230. The Labute approximate surface area is 188 Å². The Morgan fingerprint density at radius 2 is 2.09 bits per heavy atom. The van der Waals surface area contributed by atoms with Gasteiger partial charge in [0.15, 0.2) is 0 Å². The molecule has 2 amide bonds. The molecule has 0 spiro atoms. The van der Waals surface area contributed by atoms with Crippen molar-refractivity contribution in [3.05, 3.63) is 59.5 Å². The summed E-state index contributed by atoms with van der Waals surface area (Å²) in [7, 11) is 0. The van der Waals surface area contributed by atoms with E-state index in [2.05, 4.69) is 42.9 Å². The van der Waals surface area contributed by atoms with Crippen molar-refractivity contribution in [2.24, 2.45) is 0 Å². The molecule has 2 N–H and O–H groups in total. The molecule has 0 aliphatic carbocycles. The van der Waals surface area contributed by atoms with Crippen LogP contribution in [0.15, 0.2) is 42.6 Å². The lowest BCUT2D eigenvalue weighted by molar-refractivity contribution is -0.139. The number of rotatable bonds is 4. The lowest BCUT2D eigenvalue weighted by atomic mass is 9.84. The molecule has 1 aromatic carbocycles. The number of hydrogen-bond donors (Lipinski definition) is 2. The van der Waals surface area contributed by atoms with Gasteiger partial charge in [-0.1, -0.05) is 26.0 Å². The Hall–Kier alpha value is -3.28. The van der Waals surface area contributed by atoms with Gasteiger partial charge >= 0.3 is 0 Å². The quantitative estimate of drug-likeness (QED) is 0.720. The number of aromatic amines is 1. The summed E-state index contributed by atoms with van der Waals surface area (Å²) >= 11 is 0. The number of fused-ring (bicyclic) bond motifs is 4. The first-order valence-corrected chi connectivity index (χ1v) is 11.1. The highest BCUT2D eigenvalue weighted by Gasteiger charge is 2.40. The number of amides is 2. The highest BCUT2D eigenvalue weighted by molar-refractivity contribution is 6.05. The monoisotopic (exact) mass is 431 g/mol. The fraction of sp³-hybridized carbons (Fsp3) is 0.385. The van der Waals surface area contributed by atoms with E-state index in [9.17, 15) is 9.59 Å². The molecule has 0 unspecified atom stereocenters. The molecule has 6 nitrogen and oxygen atoms in total. The molecule has 5 rings (SSSR count). The number of carbonyl (C=O) groups is 2. The average Bonchev–Trinajstić information content (AvgIpc) is 3.37. The van der Waals surface area contributed by atoms with Crippen LogP contribution in [0.4, 0.5) is 0 Å². The standard InChI is InChI=1S/C26H29N3O3/c1-6-25(2,3)22-17(14-18-24(31)29-13-7-8-19(29)23(30)27-18)15-9-10-20-16(21(15)28-22)11-12-26(4,5)32-20/h6,8-12,18,28H,1,7,13-14H2,2-5H3,(H,27,30)/t18-/m0/s1. The predicted octanol–water partition coefficient (Wildman–Crippen LogP) is 3.97. The second-order valence-corrected chi connectivity index (χ2v) is 9.94. The molecular formula is C26H29N3O3. The third-order valence-corrected chi connectivity index (χ3v) is 6.75. The minimum absolute atomic E-state index is 0.0482. The van der Waals surface area contributed by atoms with E-state index in [-0.39, 0.29) is 22.8 Å². The van der Waals surface area contributed by atoms with Crippen molar-refractivity contribution in [3.63, 3.8) is 0 Å². The van der Waals surface area contributed by atoms with E-state index >= 15 is 0 Å². The lowest BCUT2D eigenvalue weighted by Crippen LogP contribution is -2.56. The summed E-state index contributed by atoms with van der Waals surface area (Å²) in [6.07, 6.45) is 9.03. The van der Waals surface area contributed by atoms with Crippen LogP contribution in [0, 0.1) is 0 Å². The van der Waals surface area contributed by atoms with E-state index in [0.717, 1.165) is 39.9 Å². The third-order valence-electron chi connectivity index (χ3n) is 6.75. The van der Waals surface area contributed by atoms with Crippen LogP contribution in [0.3, 0.4) is 0 Å². The van der Waals surface area contributed by atoms with Crippen LogP contribution in [0.25, 0.3) is 17.0 Å². The van der Waals surface area contributed by atoms with Gasteiger partial charge in [0.2, 0.25) is 5.91 Å². The minimum atomic E-state index is -0.599. The first kappa shape index (κ1) is 20.6. The van der Waals surface area contributed by atoms with Gasteiger partial charge in [-0.15, -0.1) is 6.58 Å². The van der Waals surface area contributed by atoms with Gasteiger partial charge in [-0.2, -0.15) is 0 Å². The van der Waals surface area contributed by atoms with Gasteiger partial charge < -0.3 is 19.9 Å². The molecule has 2 aromatic rings. The summed E-state index contributed by atoms with van der Waals surface area (Å²) in [5.74, 6) is 0.607. The topological polar surface area (TPSA) is 74.4 Å². The Balaban J connectivity index is 1.63. The van der Waals surface area contributed by atoms with Crippen molar-refractivity contribution in [3.8, 4) is 5.75 Å². The van der Waals surface area contributed by atoms with Gasteiger partial charge in [0.1, 0.15) is 23.1 Å². The van der Waals surface area contributed by atoms with Gasteiger partial charge in [-0.3, -0.25) is 9.59 Å². The summed E-state index contributed by atoms with van der Waals surface area (Å²) in [6.45, 7) is 12.9. The van der Waals surface area contributed by atoms with Crippen molar-refractivity contribution in [1.82, 2.24) is 15.2 Å². The van der Waals surface area contributed by atoms with Crippen molar-refractivity contribution in [2.45, 2.75) is 57.6 Å². The molecule has 0 saturated carbocycles. The van der Waals surface area contributed by atoms with Crippen LogP contribution >= 0.6 is 0 Å². The van der Waals surface area contributed by atoms with E-state index in [1.165, 1.54) is 0 Å². The predicted molar refractivity (Wildman–Crippen MR) is 125 cm³/mol.